The molecule has 1 saturated heterocycles. The van der Waals surface area contributed by atoms with Crippen LogP contribution in [0.3, 0.4) is 0 Å². The second-order valence-corrected chi connectivity index (χ2v) is 10.7. The number of esters is 1. The molecule has 3 heterocycles. The molecule has 9 heteroatoms. The minimum Gasteiger partial charge on any atom is -0.464 e. The third kappa shape index (κ3) is 4.35. The molecule has 1 aliphatic rings. The summed E-state index contributed by atoms with van der Waals surface area (Å²) in [6.07, 6.45) is 2.36. The number of carbonyl (C=O) groups excluding carboxylic acids is 1. The Morgan fingerprint density at radius 3 is 2.63 bits per heavy atom. The van der Waals surface area contributed by atoms with Crippen molar-refractivity contribution in [2.24, 2.45) is 5.92 Å². The summed E-state index contributed by atoms with van der Waals surface area (Å²) in [6.45, 7) is 10.6. The zero-order chi connectivity index (χ0) is 19.7. The van der Waals surface area contributed by atoms with E-state index in [4.69, 9.17) is 9.72 Å². The number of thiazole rings is 1. The van der Waals surface area contributed by atoms with E-state index in [9.17, 15) is 4.79 Å². The van der Waals surface area contributed by atoms with Crippen molar-refractivity contribution in [3.63, 3.8) is 0 Å². The number of hydrogen-bond acceptors (Lipinski definition) is 7. The van der Waals surface area contributed by atoms with E-state index in [0.29, 0.717) is 20.5 Å². The number of aryl methyl sites for hydroxylation is 1. The average Bonchev–Trinajstić information content (AvgIpc) is 3.16. The summed E-state index contributed by atoms with van der Waals surface area (Å²) < 4.78 is 8.39. The van der Waals surface area contributed by atoms with Gasteiger partial charge < -0.3 is 9.64 Å². The van der Waals surface area contributed by atoms with Crippen molar-refractivity contribution in [1.29, 1.82) is 0 Å². The number of ether oxygens (including phenoxy) is 1. The van der Waals surface area contributed by atoms with Gasteiger partial charge >= 0.3 is 5.97 Å². The van der Waals surface area contributed by atoms with Gasteiger partial charge in [0.1, 0.15) is 4.21 Å². The van der Waals surface area contributed by atoms with Crippen LogP contribution in [0.1, 0.15) is 49.8 Å². The fourth-order valence-electron chi connectivity index (χ4n) is 3.01. The van der Waals surface area contributed by atoms with Gasteiger partial charge in [0.15, 0.2) is 11.5 Å². The molecule has 0 bridgehead atoms. The lowest BCUT2D eigenvalue weighted by Crippen LogP contribution is -2.33. The molecule has 1 fully saturated rings. The molecule has 0 spiro atoms. The lowest BCUT2D eigenvalue weighted by molar-refractivity contribution is 0.0589. The first-order chi connectivity index (χ1) is 12.8. The highest BCUT2D eigenvalue weighted by molar-refractivity contribution is 9.10. The topological polar surface area (TPSA) is 60.2 Å². The van der Waals surface area contributed by atoms with Crippen LogP contribution in [0.2, 0.25) is 0 Å². The molecule has 0 amide bonds. The van der Waals surface area contributed by atoms with Crippen molar-refractivity contribution < 1.29 is 9.53 Å². The Bertz CT molecular complexity index is 826. The maximum absolute atomic E-state index is 12.3. The van der Waals surface area contributed by atoms with Crippen LogP contribution in [0.4, 0.5) is 5.82 Å². The number of thioether (sulfide) groups is 1. The average molecular weight is 473 g/mol. The standard InChI is InChI=1S/C18H25BrN4O2S2/c1-10(2)26-17-15(22-8-6-11(3)7-9-22)20-18(27-17)23-14(16(24)25-5)13(19)12(4)21-23/h10-11H,6-9H2,1-5H3. The van der Waals surface area contributed by atoms with Gasteiger partial charge in [-0.25, -0.2) is 4.79 Å². The first-order valence-electron chi connectivity index (χ1n) is 9.08. The minimum absolute atomic E-state index is 0.378. The zero-order valence-electron chi connectivity index (χ0n) is 16.3. The second kappa shape index (κ2) is 8.53. The van der Waals surface area contributed by atoms with E-state index in [0.717, 1.165) is 30.5 Å². The van der Waals surface area contributed by atoms with Gasteiger partial charge in [0.05, 0.1) is 17.3 Å². The van der Waals surface area contributed by atoms with Crippen LogP contribution in [0.25, 0.3) is 5.13 Å². The lowest BCUT2D eigenvalue weighted by Gasteiger charge is -2.31. The second-order valence-electron chi connectivity index (χ2n) is 7.10. The Morgan fingerprint density at radius 1 is 1.37 bits per heavy atom. The number of hydrogen-bond donors (Lipinski definition) is 0. The number of aromatic nitrogens is 3. The summed E-state index contributed by atoms with van der Waals surface area (Å²) in [6, 6.07) is 0. The number of halogens is 1. The first-order valence-corrected chi connectivity index (χ1v) is 11.6. The van der Waals surface area contributed by atoms with Crippen LogP contribution in [0.15, 0.2) is 8.68 Å². The summed E-state index contributed by atoms with van der Waals surface area (Å²) in [5.74, 6) is 1.35. The highest BCUT2D eigenvalue weighted by Gasteiger charge is 2.27. The van der Waals surface area contributed by atoms with E-state index in [1.165, 1.54) is 24.2 Å². The fraction of sp³-hybridized carbons (Fsp3) is 0.611. The van der Waals surface area contributed by atoms with Crippen molar-refractivity contribution >= 4 is 50.8 Å². The van der Waals surface area contributed by atoms with Gasteiger partial charge in [-0.3, -0.25) is 0 Å². The lowest BCUT2D eigenvalue weighted by atomic mass is 9.99. The van der Waals surface area contributed by atoms with Crippen molar-refractivity contribution in [1.82, 2.24) is 14.8 Å². The van der Waals surface area contributed by atoms with Gasteiger partial charge in [0.25, 0.3) is 0 Å². The zero-order valence-corrected chi connectivity index (χ0v) is 19.5. The van der Waals surface area contributed by atoms with Gasteiger partial charge in [0, 0.05) is 18.3 Å². The Hall–Kier alpha value is -1.06. The van der Waals surface area contributed by atoms with E-state index in [1.807, 2.05) is 18.7 Å². The predicted octanol–water partition coefficient (Wildman–Crippen LogP) is 4.92. The van der Waals surface area contributed by atoms with Gasteiger partial charge in [-0.2, -0.15) is 14.8 Å². The Labute approximate surface area is 176 Å². The van der Waals surface area contributed by atoms with Crippen molar-refractivity contribution in [2.75, 3.05) is 25.1 Å². The Morgan fingerprint density at radius 2 is 2.04 bits per heavy atom. The number of methoxy groups -OCH3 is 1. The van der Waals surface area contributed by atoms with Crippen LogP contribution in [-0.4, -0.2) is 46.2 Å². The van der Waals surface area contributed by atoms with E-state index < -0.39 is 5.97 Å². The van der Waals surface area contributed by atoms with Crippen LogP contribution in [0, 0.1) is 12.8 Å². The monoisotopic (exact) mass is 472 g/mol. The molecule has 0 saturated carbocycles. The van der Waals surface area contributed by atoms with Crippen LogP contribution >= 0.6 is 39.0 Å². The molecule has 0 radical (unpaired) electrons. The van der Waals surface area contributed by atoms with Gasteiger partial charge in [-0.15, -0.1) is 11.8 Å². The highest BCUT2D eigenvalue weighted by Crippen LogP contribution is 2.41. The van der Waals surface area contributed by atoms with Crippen LogP contribution < -0.4 is 4.90 Å². The minimum atomic E-state index is -0.427. The molecular weight excluding hydrogens is 448 g/mol. The number of carbonyl (C=O) groups is 1. The van der Waals surface area contributed by atoms with Gasteiger partial charge in [0.2, 0.25) is 5.13 Å². The molecule has 3 rings (SSSR count). The third-order valence-corrected chi connectivity index (χ3v) is 7.71. The van der Waals surface area contributed by atoms with E-state index >= 15 is 0 Å². The molecule has 2 aromatic heterocycles. The first kappa shape index (κ1) is 20.7. The Kier molecular flexibility index (Phi) is 6.53. The van der Waals surface area contributed by atoms with Crippen LogP contribution in [-0.2, 0) is 4.74 Å². The molecule has 0 unspecified atom stereocenters. The maximum Gasteiger partial charge on any atom is 0.358 e. The molecule has 0 N–H and O–H groups in total. The molecule has 1 aliphatic heterocycles. The number of rotatable bonds is 5. The van der Waals surface area contributed by atoms with Crippen LogP contribution in [0.5, 0.6) is 0 Å². The Balaban J connectivity index is 2.05. The molecule has 148 valence electrons. The largest absolute Gasteiger partial charge is 0.464 e. The smallest absolute Gasteiger partial charge is 0.358 e. The SMILES string of the molecule is COC(=O)c1c(Br)c(C)nn1-c1nc(N2CCC(C)CC2)c(SC(C)C)s1. The fourth-order valence-corrected chi connectivity index (χ4v) is 5.90. The van der Waals surface area contributed by atoms with E-state index in [-0.39, 0.29) is 0 Å². The summed E-state index contributed by atoms with van der Waals surface area (Å²) in [7, 11) is 1.38. The normalized spacial score (nSPS) is 15.6. The molecular formula is C18H25BrN4O2S2. The van der Waals surface area contributed by atoms with Crippen molar-refractivity contribution in [2.45, 2.75) is 50.0 Å². The van der Waals surface area contributed by atoms with Gasteiger partial charge in [-0.05, 0) is 41.6 Å². The molecule has 27 heavy (non-hydrogen) atoms. The summed E-state index contributed by atoms with van der Waals surface area (Å²) in [4.78, 5) is 19.6. The summed E-state index contributed by atoms with van der Waals surface area (Å²) >= 11 is 6.86. The van der Waals surface area contributed by atoms with E-state index in [1.54, 1.807) is 16.0 Å². The van der Waals surface area contributed by atoms with Gasteiger partial charge in [-0.1, -0.05) is 32.1 Å². The van der Waals surface area contributed by atoms with E-state index in [2.05, 4.69) is 46.7 Å². The van der Waals surface area contributed by atoms with Crippen molar-refractivity contribution in [3.8, 4) is 5.13 Å². The molecule has 0 aliphatic carbocycles. The third-order valence-electron chi connectivity index (χ3n) is 4.54. The maximum atomic E-state index is 12.3. The number of piperidine rings is 1. The van der Waals surface area contributed by atoms with Crippen molar-refractivity contribution in [3.05, 3.63) is 15.9 Å². The molecule has 0 aromatic carbocycles. The number of anilines is 1. The predicted molar refractivity (Wildman–Crippen MR) is 115 cm³/mol. The quantitative estimate of drug-likeness (QED) is 0.454. The molecule has 6 nitrogen and oxygen atoms in total. The number of nitrogens with zero attached hydrogens (tertiary/aromatic N) is 4. The molecule has 2 aromatic rings. The highest BCUT2D eigenvalue weighted by atomic mass is 79.9. The molecule has 0 atom stereocenters. The summed E-state index contributed by atoms with van der Waals surface area (Å²) in [5, 5.41) is 5.68. The summed E-state index contributed by atoms with van der Waals surface area (Å²) in [5.41, 5.74) is 1.11.